The lowest BCUT2D eigenvalue weighted by atomic mass is 10.1. The van der Waals surface area contributed by atoms with Crippen molar-refractivity contribution < 1.29 is 9.90 Å². The standard InChI is InChI=1S/C14H12Br2N2O2/c1-7-5-8(6-9(12(7)17)14(19)20)18-13-10(15)3-2-4-11(13)16/h2-6,18H,17H2,1H3,(H,19,20). The highest BCUT2D eigenvalue weighted by molar-refractivity contribution is 9.11. The van der Waals surface area contributed by atoms with Gasteiger partial charge in [0.15, 0.2) is 0 Å². The fourth-order valence-electron chi connectivity index (χ4n) is 1.81. The maximum absolute atomic E-state index is 11.2. The number of anilines is 3. The highest BCUT2D eigenvalue weighted by Gasteiger charge is 2.13. The van der Waals surface area contributed by atoms with Gasteiger partial charge in [-0.15, -0.1) is 0 Å². The summed E-state index contributed by atoms with van der Waals surface area (Å²) in [6, 6.07) is 9.03. The Morgan fingerprint density at radius 3 is 2.40 bits per heavy atom. The second-order valence-electron chi connectivity index (χ2n) is 4.28. The Morgan fingerprint density at radius 1 is 1.25 bits per heavy atom. The summed E-state index contributed by atoms with van der Waals surface area (Å²) in [4.78, 5) is 11.2. The largest absolute Gasteiger partial charge is 0.478 e. The molecule has 0 atom stereocenters. The van der Waals surface area contributed by atoms with Crippen LogP contribution in [0.1, 0.15) is 15.9 Å². The van der Waals surface area contributed by atoms with Crippen LogP contribution >= 0.6 is 31.9 Å². The summed E-state index contributed by atoms with van der Waals surface area (Å²) in [7, 11) is 0. The van der Waals surface area contributed by atoms with Crippen LogP contribution in [0, 0.1) is 6.92 Å². The van der Waals surface area contributed by atoms with Crippen LogP contribution in [-0.2, 0) is 0 Å². The summed E-state index contributed by atoms with van der Waals surface area (Å²) in [5.41, 5.74) is 8.37. The number of benzene rings is 2. The first kappa shape index (κ1) is 14.9. The smallest absolute Gasteiger partial charge is 0.337 e. The molecule has 0 unspecified atom stereocenters. The average molecular weight is 400 g/mol. The van der Waals surface area contributed by atoms with Gasteiger partial charge in [0.25, 0.3) is 0 Å². The topological polar surface area (TPSA) is 75.3 Å². The summed E-state index contributed by atoms with van der Waals surface area (Å²) >= 11 is 6.90. The number of aromatic carboxylic acids is 1. The number of rotatable bonds is 3. The number of nitrogens with two attached hydrogens (primary N) is 1. The number of aryl methyl sites for hydroxylation is 1. The number of hydrogen-bond donors (Lipinski definition) is 3. The van der Waals surface area contributed by atoms with Gasteiger partial charge in [-0.05, 0) is 68.6 Å². The minimum absolute atomic E-state index is 0.0932. The molecule has 6 heteroatoms. The lowest BCUT2D eigenvalue weighted by Gasteiger charge is -2.13. The quantitative estimate of drug-likeness (QED) is 0.662. The highest BCUT2D eigenvalue weighted by atomic mass is 79.9. The van der Waals surface area contributed by atoms with E-state index in [1.54, 1.807) is 6.92 Å². The van der Waals surface area contributed by atoms with Crippen LogP contribution in [0.25, 0.3) is 0 Å². The number of halogens is 2. The number of carboxylic acids is 1. The first-order chi connectivity index (χ1) is 9.40. The van der Waals surface area contributed by atoms with Gasteiger partial charge < -0.3 is 16.2 Å². The Morgan fingerprint density at radius 2 is 1.85 bits per heavy atom. The lowest BCUT2D eigenvalue weighted by Crippen LogP contribution is -2.05. The van der Waals surface area contributed by atoms with Gasteiger partial charge in [0.1, 0.15) is 0 Å². The van der Waals surface area contributed by atoms with Gasteiger partial charge >= 0.3 is 5.97 Å². The third-order valence-corrected chi connectivity index (χ3v) is 4.17. The molecule has 4 nitrogen and oxygen atoms in total. The van der Waals surface area contributed by atoms with Crippen LogP contribution in [0.15, 0.2) is 39.3 Å². The van der Waals surface area contributed by atoms with E-state index in [9.17, 15) is 4.79 Å². The molecule has 2 rings (SSSR count). The van der Waals surface area contributed by atoms with Crippen molar-refractivity contribution in [3.63, 3.8) is 0 Å². The summed E-state index contributed by atoms with van der Waals surface area (Å²) in [5, 5.41) is 12.4. The Kier molecular flexibility index (Phi) is 4.35. The third kappa shape index (κ3) is 2.96. The molecule has 0 aliphatic carbocycles. The van der Waals surface area contributed by atoms with E-state index >= 15 is 0 Å². The van der Waals surface area contributed by atoms with E-state index in [4.69, 9.17) is 10.8 Å². The molecule has 0 bridgehead atoms. The molecule has 0 saturated heterocycles. The second kappa shape index (κ2) is 5.85. The van der Waals surface area contributed by atoms with Gasteiger partial charge in [0.2, 0.25) is 0 Å². The van der Waals surface area contributed by atoms with Gasteiger partial charge in [-0.2, -0.15) is 0 Å². The molecular formula is C14H12Br2N2O2. The summed E-state index contributed by atoms with van der Waals surface area (Å²) in [6.45, 7) is 1.78. The molecule has 104 valence electrons. The molecular weight excluding hydrogens is 388 g/mol. The molecule has 2 aromatic rings. The van der Waals surface area contributed by atoms with Gasteiger partial charge in [0.05, 0.1) is 11.3 Å². The molecule has 4 N–H and O–H groups in total. The Labute approximate surface area is 133 Å². The summed E-state index contributed by atoms with van der Waals surface area (Å²) in [5.74, 6) is -1.04. The van der Waals surface area contributed by atoms with Crippen molar-refractivity contribution >= 4 is 54.9 Å². The highest BCUT2D eigenvalue weighted by Crippen LogP contribution is 2.34. The predicted molar refractivity (Wildman–Crippen MR) is 87.7 cm³/mol. The van der Waals surface area contributed by atoms with E-state index < -0.39 is 5.97 Å². The fraction of sp³-hybridized carbons (Fsp3) is 0.0714. The zero-order valence-electron chi connectivity index (χ0n) is 10.6. The number of nitrogens with one attached hydrogen (secondary N) is 1. The zero-order chi connectivity index (χ0) is 14.9. The number of hydrogen-bond acceptors (Lipinski definition) is 3. The third-order valence-electron chi connectivity index (χ3n) is 2.85. The molecule has 0 aromatic heterocycles. The average Bonchev–Trinajstić information content (AvgIpc) is 2.37. The fourth-order valence-corrected chi connectivity index (χ4v) is 3.01. The first-order valence-electron chi connectivity index (χ1n) is 5.74. The number of nitrogen functional groups attached to an aromatic ring is 1. The monoisotopic (exact) mass is 398 g/mol. The molecule has 20 heavy (non-hydrogen) atoms. The summed E-state index contributed by atoms with van der Waals surface area (Å²) < 4.78 is 1.75. The molecule has 0 fully saturated rings. The first-order valence-corrected chi connectivity index (χ1v) is 7.33. The Hall–Kier alpha value is -1.53. The van der Waals surface area contributed by atoms with Crippen molar-refractivity contribution in [2.75, 3.05) is 11.1 Å². The van der Waals surface area contributed by atoms with Crippen LogP contribution in [-0.4, -0.2) is 11.1 Å². The van der Waals surface area contributed by atoms with Crippen LogP contribution in [0.3, 0.4) is 0 Å². The van der Waals surface area contributed by atoms with Gasteiger partial charge in [-0.25, -0.2) is 4.79 Å². The van der Waals surface area contributed by atoms with Gasteiger partial charge in [-0.1, -0.05) is 6.07 Å². The van der Waals surface area contributed by atoms with Gasteiger partial charge in [-0.3, -0.25) is 0 Å². The molecule has 0 radical (unpaired) electrons. The van der Waals surface area contributed by atoms with Crippen molar-refractivity contribution in [3.8, 4) is 0 Å². The van der Waals surface area contributed by atoms with E-state index in [-0.39, 0.29) is 11.3 Å². The Bertz CT molecular complexity index is 667. The van der Waals surface area contributed by atoms with Crippen molar-refractivity contribution in [1.82, 2.24) is 0 Å². The lowest BCUT2D eigenvalue weighted by molar-refractivity contribution is 0.0698. The normalized spacial score (nSPS) is 10.3. The molecule has 2 aromatic carbocycles. The predicted octanol–water partition coefficient (Wildman–Crippen LogP) is 4.54. The summed E-state index contributed by atoms with van der Waals surface area (Å²) in [6.07, 6.45) is 0. The zero-order valence-corrected chi connectivity index (χ0v) is 13.7. The van der Waals surface area contributed by atoms with Crippen molar-refractivity contribution in [2.24, 2.45) is 0 Å². The second-order valence-corrected chi connectivity index (χ2v) is 5.99. The van der Waals surface area contributed by atoms with Gasteiger partial charge in [0, 0.05) is 20.3 Å². The van der Waals surface area contributed by atoms with Crippen LogP contribution in [0.2, 0.25) is 0 Å². The molecule has 0 spiro atoms. The van der Waals surface area contributed by atoms with Crippen molar-refractivity contribution in [3.05, 3.63) is 50.4 Å². The van der Waals surface area contributed by atoms with E-state index in [0.717, 1.165) is 20.2 Å². The van der Waals surface area contributed by atoms with E-state index in [1.807, 2.05) is 24.3 Å². The Balaban J connectivity index is 2.47. The minimum Gasteiger partial charge on any atom is -0.478 e. The van der Waals surface area contributed by atoms with Crippen molar-refractivity contribution in [1.29, 1.82) is 0 Å². The van der Waals surface area contributed by atoms with E-state index in [0.29, 0.717) is 5.69 Å². The SMILES string of the molecule is Cc1cc(Nc2c(Br)cccc2Br)cc(C(=O)O)c1N. The van der Waals surface area contributed by atoms with Crippen LogP contribution < -0.4 is 11.1 Å². The molecule has 0 saturated carbocycles. The molecule has 0 heterocycles. The van der Waals surface area contributed by atoms with Crippen LogP contribution in [0.4, 0.5) is 17.1 Å². The minimum atomic E-state index is -1.04. The van der Waals surface area contributed by atoms with Crippen LogP contribution in [0.5, 0.6) is 0 Å². The number of carbonyl (C=O) groups is 1. The maximum Gasteiger partial charge on any atom is 0.337 e. The molecule has 0 aliphatic rings. The van der Waals surface area contributed by atoms with Crippen molar-refractivity contribution in [2.45, 2.75) is 6.92 Å². The number of carboxylic acid groups (broad SMARTS) is 1. The van der Waals surface area contributed by atoms with E-state index in [1.165, 1.54) is 6.07 Å². The molecule has 0 amide bonds. The maximum atomic E-state index is 11.2. The molecule has 0 aliphatic heterocycles. The van der Waals surface area contributed by atoms with E-state index in [2.05, 4.69) is 37.2 Å². The number of para-hydroxylation sites is 1.